The molecular weight excluding hydrogens is 347 g/mol. The number of hydrogen-bond donors (Lipinski definition) is 0. The summed E-state index contributed by atoms with van der Waals surface area (Å²) < 4.78 is 0. The Labute approximate surface area is 187 Å². The third-order valence-electron chi connectivity index (χ3n) is 7.68. The normalized spacial score (nSPS) is 12.0. The van der Waals surface area contributed by atoms with E-state index in [1.165, 1.54) is 128 Å². The summed E-state index contributed by atoms with van der Waals surface area (Å²) in [5.41, 5.74) is 0. The maximum atomic E-state index is 2.40. The summed E-state index contributed by atoms with van der Waals surface area (Å²) in [7, 11) is 0. The monoisotopic (exact) mass is 407 g/mol. The fourth-order valence-electron chi connectivity index (χ4n) is 5.58. The Kier molecular flexibility index (Phi) is 22.8. The van der Waals surface area contributed by atoms with Gasteiger partial charge in [0.05, 0.1) is 0 Å². The molecule has 0 aliphatic rings. The van der Waals surface area contributed by atoms with E-state index in [0.717, 1.165) is 0 Å². The van der Waals surface area contributed by atoms with Gasteiger partial charge < -0.3 is 0 Å². The molecule has 0 fully saturated rings. The van der Waals surface area contributed by atoms with Crippen LogP contribution in [-0.4, -0.2) is 6.15 Å². The van der Waals surface area contributed by atoms with Gasteiger partial charge in [-0.15, -0.1) is 0 Å². The first-order chi connectivity index (χ1) is 14.2. The molecule has 0 aromatic rings. The first-order valence-electron chi connectivity index (χ1n) is 14.5. The van der Waals surface area contributed by atoms with Gasteiger partial charge in [0, 0.05) is 6.15 Å². The van der Waals surface area contributed by atoms with Gasteiger partial charge in [-0.3, -0.25) is 0 Å². The van der Waals surface area contributed by atoms with E-state index in [1.807, 2.05) is 0 Å². The van der Waals surface area contributed by atoms with Crippen molar-refractivity contribution in [3.05, 3.63) is 0 Å². The maximum absolute atomic E-state index is 2.40. The number of hydrogen-bond acceptors (Lipinski definition) is 0. The zero-order chi connectivity index (χ0) is 21.5. The van der Waals surface area contributed by atoms with Gasteiger partial charge in [0.25, 0.3) is 0 Å². The van der Waals surface area contributed by atoms with Crippen LogP contribution in [0.4, 0.5) is 0 Å². The highest BCUT2D eigenvalue weighted by atomic mass is 14.1. The van der Waals surface area contributed by atoms with Crippen LogP contribution in [0.1, 0.15) is 156 Å². The Bertz CT molecular complexity index is 258. The fraction of sp³-hybridized carbons (Fsp3) is 1.00. The molecule has 176 valence electrons. The smallest absolute Gasteiger partial charge is 0.000747 e. The Hall–Kier alpha value is 0.0649. The summed E-state index contributed by atoms with van der Waals surface area (Å²) in [4.78, 5) is 0. The van der Waals surface area contributed by atoms with E-state index in [-0.39, 0.29) is 6.15 Å². The Morgan fingerprint density at radius 1 is 0.276 bits per heavy atom. The number of unbranched alkanes of at least 4 members (excludes halogenated alkanes) is 16. The van der Waals surface area contributed by atoms with Crippen molar-refractivity contribution in [2.24, 2.45) is 0 Å². The quantitative estimate of drug-likeness (QED) is 0.110. The zero-order valence-electron chi connectivity index (χ0n) is 21.5. The average Bonchev–Trinajstić information content (AvgIpc) is 2.74. The Balaban J connectivity index is 4.52. The summed E-state index contributed by atoms with van der Waals surface area (Å²) in [6.45, 7) is 9.40. The molecule has 0 spiro atoms. The highest BCUT2D eigenvalue weighted by Gasteiger charge is 2.22. The first kappa shape index (κ1) is 29.1. The molecule has 29 heavy (non-hydrogen) atoms. The number of rotatable bonds is 24. The standard InChI is InChI=1S/C28H60B/c1-5-9-13-16-19-22-26-29(25-12-8-4,27-23-20-17-14-10-6-2)28-24-21-18-15-11-7-3/h5-28H2,1-4H3/q-1. The Morgan fingerprint density at radius 3 is 0.828 bits per heavy atom. The van der Waals surface area contributed by atoms with Crippen LogP contribution < -0.4 is 0 Å². The van der Waals surface area contributed by atoms with Crippen molar-refractivity contribution in [3.63, 3.8) is 0 Å². The summed E-state index contributed by atoms with van der Waals surface area (Å²) in [6.07, 6.45) is 35.6. The van der Waals surface area contributed by atoms with Gasteiger partial charge in [-0.25, -0.2) is 0 Å². The molecule has 0 rings (SSSR count). The summed E-state index contributed by atoms with van der Waals surface area (Å²) in [5.74, 6) is 0. The summed E-state index contributed by atoms with van der Waals surface area (Å²) in [5, 5.41) is 0. The highest BCUT2D eigenvalue weighted by molar-refractivity contribution is 6.79. The SMILES string of the molecule is CCCCCCCC[B-](CCCC)(CCCCCCCC)CCCCCCCC. The molecule has 0 amide bonds. The second kappa shape index (κ2) is 22.7. The predicted molar refractivity (Wildman–Crippen MR) is 140 cm³/mol. The summed E-state index contributed by atoms with van der Waals surface area (Å²) in [6, 6.07) is 0. The van der Waals surface area contributed by atoms with Crippen molar-refractivity contribution in [2.75, 3.05) is 0 Å². The lowest BCUT2D eigenvalue weighted by atomic mass is 9.17. The van der Waals surface area contributed by atoms with Crippen LogP contribution in [0.3, 0.4) is 0 Å². The van der Waals surface area contributed by atoms with Gasteiger partial charge in [0.1, 0.15) is 0 Å². The van der Waals surface area contributed by atoms with E-state index >= 15 is 0 Å². The second-order valence-corrected chi connectivity index (χ2v) is 10.5. The van der Waals surface area contributed by atoms with E-state index in [0.29, 0.717) is 0 Å². The third kappa shape index (κ3) is 18.5. The van der Waals surface area contributed by atoms with Crippen molar-refractivity contribution in [2.45, 2.75) is 181 Å². The minimum atomic E-state index is -0.0800. The third-order valence-corrected chi connectivity index (χ3v) is 7.68. The van der Waals surface area contributed by atoms with E-state index < -0.39 is 0 Å². The molecule has 0 unspecified atom stereocenters. The lowest BCUT2D eigenvalue weighted by Crippen LogP contribution is -2.33. The molecule has 0 atom stereocenters. The maximum Gasteiger partial charge on any atom is 0.000747 e. The van der Waals surface area contributed by atoms with E-state index in [2.05, 4.69) is 27.7 Å². The topological polar surface area (TPSA) is 0 Å². The van der Waals surface area contributed by atoms with Crippen LogP contribution in [0.15, 0.2) is 0 Å². The fourth-order valence-corrected chi connectivity index (χ4v) is 5.58. The van der Waals surface area contributed by atoms with Crippen LogP contribution >= 0.6 is 0 Å². The van der Waals surface area contributed by atoms with Crippen molar-refractivity contribution >= 4 is 6.15 Å². The van der Waals surface area contributed by atoms with Crippen molar-refractivity contribution < 1.29 is 0 Å². The lowest BCUT2D eigenvalue weighted by molar-refractivity contribution is 0.604. The van der Waals surface area contributed by atoms with E-state index in [9.17, 15) is 0 Å². The van der Waals surface area contributed by atoms with Gasteiger partial charge in [-0.1, -0.05) is 156 Å². The van der Waals surface area contributed by atoms with E-state index in [1.54, 1.807) is 25.3 Å². The molecule has 0 saturated heterocycles. The lowest BCUT2D eigenvalue weighted by Gasteiger charge is -2.40. The minimum absolute atomic E-state index is 0.0800. The van der Waals surface area contributed by atoms with Gasteiger partial charge in [0.2, 0.25) is 0 Å². The molecule has 0 radical (unpaired) electrons. The van der Waals surface area contributed by atoms with Crippen molar-refractivity contribution in [3.8, 4) is 0 Å². The molecule has 0 heterocycles. The van der Waals surface area contributed by atoms with Crippen LogP contribution in [-0.2, 0) is 0 Å². The predicted octanol–water partition coefficient (Wildman–Crippen LogP) is 11.3. The zero-order valence-corrected chi connectivity index (χ0v) is 21.5. The molecule has 0 aliphatic heterocycles. The van der Waals surface area contributed by atoms with Gasteiger partial charge in [0.15, 0.2) is 0 Å². The highest BCUT2D eigenvalue weighted by Crippen LogP contribution is 2.34. The van der Waals surface area contributed by atoms with Gasteiger partial charge in [-0.2, -0.15) is 25.3 Å². The van der Waals surface area contributed by atoms with Gasteiger partial charge >= 0.3 is 0 Å². The molecule has 0 saturated carbocycles. The molecule has 0 bridgehead atoms. The molecule has 0 aromatic heterocycles. The molecule has 0 aliphatic carbocycles. The van der Waals surface area contributed by atoms with Crippen molar-refractivity contribution in [1.29, 1.82) is 0 Å². The molecule has 0 aromatic carbocycles. The molecule has 0 N–H and O–H groups in total. The second-order valence-electron chi connectivity index (χ2n) is 10.5. The first-order valence-corrected chi connectivity index (χ1v) is 14.5. The summed E-state index contributed by atoms with van der Waals surface area (Å²) >= 11 is 0. The minimum Gasteiger partial charge on any atom is -0.178 e. The van der Waals surface area contributed by atoms with Crippen LogP contribution in [0.5, 0.6) is 0 Å². The van der Waals surface area contributed by atoms with Crippen LogP contribution in [0.2, 0.25) is 25.3 Å². The Morgan fingerprint density at radius 2 is 0.517 bits per heavy atom. The van der Waals surface area contributed by atoms with Crippen LogP contribution in [0.25, 0.3) is 0 Å². The van der Waals surface area contributed by atoms with E-state index in [4.69, 9.17) is 0 Å². The molecule has 1 heteroatoms. The largest absolute Gasteiger partial charge is 0.178 e. The van der Waals surface area contributed by atoms with Crippen molar-refractivity contribution in [1.82, 2.24) is 0 Å². The molecule has 0 nitrogen and oxygen atoms in total. The van der Waals surface area contributed by atoms with Crippen LogP contribution in [0, 0.1) is 0 Å². The van der Waals surface area contributed by atoms with Gasteiger partial charge in [-0.05, 0) is 0 Å². The average molecular weight is 408 g/mol. The molecular formula is C28H60B-.